The minimum Gasteiger partial charge on any atom is -0.444 e. The number of carbonyl (C=O) groups excluding carboxylic acids is 1. The zero-order chi connectivity index (χ0) is 18.5. The Morgan fingerprint density at radius 3 is 2.59 bits per heavy atom. The van der Waals surface area contributed by atoms with Gasteiger partial charge in [0.2, 0.25) is 5.89 Å². The van der Waals surface area contributed by atoms with E-state index in [0.717, 1.165) is 24.3 Å². The second-order valence-corrected chi connectivity index (χ2v) is 6.31. The third-order valence-corrected chi connectivity index (χ3v) is 4.50. The standard InChI is InChI=1S/C21H21N3O3/c25-20(18-8-4-5-9-19(18)24-10-12-26-13-11-24)22-14-17-15-27-21(23-17)16-6-2-1-3-7-16/h1-9,15H,10-14H2,(H,22,25). The van der Waals surface area contributed by atoms with Gasteiger partial charge in [0, 0.05) is 24.3 Å². The fraction of sp³-hybridized carbons (Fsp3) is 0.238. The Labute approximate surface area is 157 Å². The summed E-state index contributed by atoms with van der Waals surface area (Å²) in [5, 5.41) is 2.94. The van der Waals surface area contributed by atoms with E-state index in [0.29, 0.717) is 36.9 Å². The average molecular weight is 363 g/mol. The highest BCUT2D eigenvalue weighted by molar-refractivity contribution is 5.99. The highest BCUT2D eigenvalue weighted by atomic mass is 16.5. The number of ether oxygens (including phenoxy) is 1. The molecule has 1 N–H and O–H groups in total. The first-order chi connectivity index (χ1) is 13.3. The molecule has 6 heteroatoms. The molecule has 0 saturated carbocycles. The van der Waals surface area contributed by atoms with Gasteiger partial charge in [-0.25, -0.2) is 4.98 Å². The molecule has 3 aromatic rings. The predicted molar refractivity (Wildman–Crippen MR) is 103 cm³/mol. The molecule has 4 rings (SSSR count). The number of nitrogens with one attached hydrogen (secondary N) is 1. The quantitative estimate of drug-likeness (QED) is 0.754. The molecule has 1 saturated heterocycles. The molecule has 0 bridgehead atoms. The highest BCUT2D eigenvalue weighted by Crippen LogP contribution is 2.22. The third-order valence-electron chi connectivity index (χ3n) is 4.50. The number of morpholine rings is 1. The highest BCUT2D eigenvalue weighted by Gasteiger charge is 2.18. The van der Waals surface area contributed by atoms with E-state index in [-0.39, 0.29) is 5.91 Å². The summed E-state index contributed by atoms with van der Waals surface area (Å²) in [4.78, 5) is 19.4. The summed E-state index contributed by atoms with van der Waals surface area (Å²) in [7, 11) is 0. The van der Waals surface area contributed by atoms with E-state index in [1.165, 1.54) is 0 Å². The normalized spacial score (nSPS) is 14.1. The molecular weight excluding hydrogens is 342 g/mol. The minimum atomic E-state index is -0.124. The van der Waals surface area contributed by atoms with E-state index >= 15 is 0 Å². The van der Waals surface area contributed by atoms with Gasteiger partial charge in [-0.2, -0.15) is 0 Å². The van der Waals surface area contributed by atoms with Gasteiger partial charge in [0.1, 0.15) is 6.26 Å². The summed E-state index contributed by atoms with van der Waals surface area (Å²) in [5.74, 6) is 0.426. The van der Waals surface area contributed by atoms with Gasteiger partial charge in [0.15, 0.2) is 0 Å². The zero-order valence-electron chi connectivity index (χ0n) is 14.9. The van der Waals surface area contributed by atoms with E-state index < -0.39 is 0 Å². The van der Waals surface area contributed by atoms with Crippen LogP contribution in [0.2, 0.25) is 0 Å². The minimum absolute atomic E-state index is 0.124. The van der Waals surface area contributed by atoms with Crippen molar-refractivity contribution in [2.24, 2.45) is 0 Å². The summed E-state index contributed by atoms with van der Waals surface area (Å²) in [6.45, 7) is 3.24. The van der Waals surface area contributed by atoms with Crippen molar-refractivity contribution in [2.75, 3.05) is 31.2 Å². The number of para-hydroxylation sites is 1. The van der Waals surface area contributed by atoms with E-state index in [1.54, 1.807) is 6.26 Å². The molecule has 0 aliphatic carbocycles. The van der Waals surface area contributed by atoms with Crippen molar-refractivity contribution in [1.82, 2.24) is 10.3 Å². The number of rotatable bonds is 5. The number of benzene rings is 2. The number of amides is 1. The van der Waals surface area contributed by atoms with Crippen LogP contribution in [0.1, 0.15) is 16.1 Å². The molecule has 0 radical (unpaired) electrons. The van der Waals surface area contributed by atoms with Crippen LogP contribution in [0.25, 0.3) is 11.5 Å². The van der Waals surface area contributed by atoms with Crippen LogP contribution in [0.15, 0.2) is 65.3 Å². The lowest BCUT2D eigenvalue weighted by Crippen LogP contribution is -2.37. The molecule has 1 amide bonds. The van der Waals surface area contributed by atoms with Gasteiger partial charge in [0.25, 0.3) is 5.91 Å². The smallest absolute Gasteiger partial charge is 0.253 e. The van der Waals surface area contributed by atoms with Gasteiger partial charge < -0.3 is 19.4 Å². The molecule has 0 unspecified atom stereocenters. The van der Waals surface area contributed by atoms with Crippen molar-refractivity contribution in [2.45, 2.75) is 6.54 Å². The fourth-order valence-electron chi connectivity index (χ4n) is 3.11. The van der Waals surface area contributed by atoms with Crippen LogP contribution < -0.4 is 10.2 Å². The summed E-state index contributed by atoms with van der Waals surface area (Å²) in [5.41, 5.74) is 3.19. The molecule has 2 heterocycles. The molecule has 1 aromatic heterocycles. The van der Waals surface area contributed by atoms with E-state index in [1.807, 2.05) is 54.6 Å². The largest absolute Gasteiger partial charge is 0.444 e. The predicted octanol–water partition coefficient (Wildman–Crippen LogP) is 3.11. The lowest BCUT2D eigenvalue weighted by Gasteiger charge is -2.30. The number of hydrogen-bond donors (Lipinski definition) is 1. The van der Waals surface area contributed by atoms with E-state index in [2.05, 4.69) is 15.2 Å². The number of anilines is 1. The van der Waals surface area contributed by atoms with Crippen molar-refractivity contribution in [3.05, 3.63) is 72.1 Å². The molecule has 138 valence electrons. The lowest BCUT2D eigenvalue weighted by molar-refractivity contribution is 0.0949. The summed E-state index contributed by atoms with van der Waals surface area (Å²) >= 11 is 0. The van der Waals surface area contributed by atoms with Crippen LogP contribution in [0.3, 0.4) is 0 Å². The van der Waals surface area contributed by atoms with Crippen molar-refractivity contribution >= 4 is 11.6 Å². The summed E-state index contributed by atoms with van der Waals surface area (Å²) in [6.07, 6.45) is 1.58. The monoisotopic (exact) mass is 363 g/mol. The molecule has 6 nitrogen and oxygen atoms in total. The first-order valence-corrected chi connectivity index (χ1v) is 9.01. The van der Waals surface area contributed by atoms with Crippen molar-refractivity contribution < 1.29 is 13.9 Å². The Morgan fingerprint density at radius 2 is 1.78 bits per heavy atom. The van der Waals surface area contributed by atoms with Gasteiger partial charge in [-0.1, -0.05) is 30.3 Å². The second kappa shape index (κ2) is 8.05. The van der Waals surface area contributed by atoms with Crippen LogP contribution in [0, 0.1) is 0 Å². The molecule has 1 aliphatic rings. The maximum atomic E-state index is 12.7. The number of oxazole rings is 1. The zero-order valence-corrected chi connectivity index (χ0v) is 14.9. The van der Waals surface area contributed by atoms with Crippen LogP contribution in [0.4, 0.5) is 5.69 Å². The second-order valence-electron chi connectivity index (χ2n) is 6.31. The van der Waals surface area contributed by atoms with Crippen molar-refractivity contribution in [3.8, 4) is 11.5 Å². The number of nitrogens with zero attached hydrogens (tertiary/aromatic N) is 2. The number of hydrogen-bond acceptors (Lipinski definition) is 5. The lowest BCUT2D eigenvalue weighted by atomic mass is 10.1. The van der Waals surface area contributed by atoms with Gasteiger partial charge in [0.05, 0.1) is 31.0 Å². The molecule has 1 fully saturated rings. The Bertz CT molecular complexity index is 902. The Kier molecular flexibility index (Phi) is 5.16. The molecule has 0 spiro atoms. The first-order valence-electron chi connectivity index (χ1n) is 9.01. The van der Waals surface area contributed by atoms with Crippen LogP contribution in [0.5, 0.6) is 0 Å². The Hall–Kier alpha value is -3.12. The van der Waals surface area contributed by atoms with Gasteiger partial charge in [-0.05, 0) is 24.3 Å². The number of aromatic nitrogens is 1. The maximum Gasteiger partial charge on any atom is 0.253 e. The topological polar surface area (TPSA) is 67.6 Å². The van der Waals surface area contributed by atoms with Crippen molar-refractivity contribution in [1.29, 1.82) is 0 Å². The van der Waals surface area contributed by atoms with Gasteiger partial charge in [-0.3, -0.25) is 4.79 Å². The van der Waals surface area contributed by atoms with Crippen LogP contribution >= 0.6 is 0 Å². The molecule has 1 aliphatic heterocycles. The van der Waals surface area contributed by atoms with Crippen LogP contribution in [-0.4, -0.2) is 37.2 Å². The van der Waals surface area contributed by atoms with Gasteiger partial charge in [-0.15, -0.1) is 0 Å². The summed E-state index contributed by atoms with van der Waals surface area (Å²) in [6, 6.07) is 17.3. The third kappa shape index (κ3) is 4.01. The average Bonchev–Trinajstić information content (AvgIpc) is 3.22. The van der Waals surface area contributed by atoms with Crippen LogP contribution in [-0.2, 0) is 11.3 Å². The Balaban J connectivity index is 1.44. The molecule has 0 atom stereocenters. The Morgan fingerprint density at radius 1 is 1.04 bits per heavy atom. The first kappa shape index (κ1) is 17.3. The molecule has 2 aromatic carbocycles. The van der Waals surface area contributed by atoms with E-state index in [4.69, 9.17) is 9.15 Å². The molecular formula is C21H21N3O3. The fourth-order valence-corrected chi connectivity index (χ4v) is 3.11. The summed E-state index contributed by atoms with van der Waals surface area (Å²) < 4.78 is 10.9. The maximum absolute atomic E-state index is 12.7. The van der Waals surface area contributed by atoms with Crippen molar-refractivity contribution in [3.63, 3.8) is 0 Å². The SMILES string of the molecule is O=C(NCc1coc(-c2ccccc2)n1)c1ccccc1N1CCOCC1. The molecule has 27 heavy (non-hydrogen) atoms. The number of carbonyl (C=O) groups is 1. The van der Waals surface area contributed by atoms with Gasteiger partial charge >= 0.3 is 0 Å². The van der Waals surface area contributed by atoms with E-state index in [9.17, 15) is 4.79 Å².